The van der Waals surface area contributed by atoms with Gasteiger partial charge in [0, 0.05) is 42.2 Å². The van der Waals surface area contributed by atoms with Crippen molar-refractivity contribution in [1.29, 1.82) is 0 Å². The predicted molar refractivity (Wildman–Crippen MR) is 73.5 cm³/mol. The molecule has 3 rings (SSSR count). The highest BCUT2D eigenvalue weighted by Gasteiger charge is 2.15. The Morgan fingerprint density at radius 2 is 2.10 bits per heavy atom. The van der Waals surface area contributed by atoms with Crippen LogP contribution in [-0.4, -0.2) is 29.0 Å². The van der Waals surface area contributed by atoms with Crippen molar-refractivity contribution >= 4 is 16.6 Å². The smallest absolute Gasteiger partial charge is 0.270 e. The Morgan fingerprint density at radius 1 is 1.30 bits per heavy atom. The summed E-state index contributed by atoms with van der Waals surface area (Å²) in [5.41, 5.74) is 1.11. The molecule has 6 nitrogen and oxygen atoms in total. The maximum absolute atomic E-state index is 10.7. The maximum Gasteiger partial charge on any atom is 0.270 e. The zero-order valence-corrected chi connectivity index (χ0v) is 11.0. The van der Waals surface area contributed by atoms with Crippen LogP contribution in [0.2, 0.25) is 0 Å². The number of nitrogens with zero attached hydrogens (tertiary/aromatic N) is 2. The predicted octanol–water partition coefficient (Wildman–Crippen LogP) is 2.70. The molecule has 1 aliphatic heterocycles. The third-order valence-electron chi connectivity index (χ3n) is 3.47. The molecule has 20 heavy (non-hydrogen) atoms. The van der Waals surface area contributed by atoms with Crippen molar-refractivity contribution in [2.45, 2.75) is 25.7 Å². The topological polar surface area (TPSA) is 66.5 Å². The van der Waals surface area contributed by atoms with Gasteiger partial charge in [0.25, 0.3) is 5.69 Å². The van der Waals surface area contributed by atoms with E-state index < -0.39 is 0 Å². The first kappa shape index (κ1) is 13.1. The van der Waals surface area contributed by atoms with E-state index in [1.165, 1.54) is 6.07 Å². The molecule has 1 aromatic carbocycles. The van der Waals surface area contributed by atoms with Gasteiger partial charge in [-0.3, -0.25) is 10.1 Å². The fourth-order valence-corrected chi connectivity index (χ4v) is 2.44. The van der Waals surface area contributed by atoms with E-state index >= 15 is 0 Å². The van der Waals surface area contributed by atoms with Gasteiger partial charge in [0.1, 0.15) is 0 Å². The van der Waals surface area contributed by atoms with Crippen molar-refractivity contribution in [3.63, 3.8) is 0 Å². The molecular formula is C14H16N2O4. The zero-order chi connectivity index (χ0) is 13.9. The minimum absolute atomic E-state index is 0.120. The van der Waals surface area contributed by atoms with Crippen LogP contribution < -0.4 is 0 Å². The van der Waals surface area contributed by atoms with Crippen LogP contribution in [0.4, 0.5) is 5.69 Å². The summed E-state index contributed by atoms with van der Waals surface area (Å²) in [6, 6.07) is 6.81. The standard InChI is InChI=1S/C14H16N2O4/c17-16(18)12-2-3-13-11(10-12)4-6-15(13)7-5-14-19-8-1-9-20-14/h2-4,6,10,14H,1,5,7-9H2. The largest absolute Gasteiger partial charge is 0.353 e. The fraction of sp³-hybridized carbons (Fsp3) is 0.429. The normalized spacial score (nSPS) is 16.6. The molecule has 0 radical (unpaired) electrons. The Labute approximate surface area is 116 Å². The van der Waals surface area contributed by atoms with Crippen molar-refractivity contribution in [3.8, 4) is 0 Å². The second-order valence-electron chi connectivity index (χ2n) is 4.82. The number of fused-ring (bicyclic) bond motifs is 1. The number of non-ortho nitro benzene ring substituents is 1. The quantitative estimate of drug-likeness (QED) is 0.636. The van der Waals surface area contributed by atoms with E-state index in [1.807, 2.05) is 12.3 Å². The number of ether oxygens (including phenoxy) is 2. The van der Waals surface area contributed by atoms with E-state index in [0.29, 0.717) is 0 Å². The molecule has 106 valence electrons. The number of benzene rings is 1. The molecule has 0 unspecified atom stereocenters. The number of hydrogen-bond acceptors (Lipinski definition) is 4. The Bertz CT molecular complexity index is 617. The van der Waals surface area contributed by atoms with Gasteiger partial charge in [0.2, 0.25) is 0 Å². The molecule has 1 aliphatic rings. The second-order valence-corrected chi connectivity index (χ2v) is 4.82. The van der Waals surface area contributed by atoms with Gasteiger partial charge in [-0.15, -0.1) is 0 Å². The summed E-state index contributed by atoms with van der Waals surface area (Å²) < 4.78 is 13.1. The van der Waals surface area contributed by atoms with Crippen LogP contribution >= 0.6 is 0 Å². The molecule has 1 aromatic heterocycles. The van der Waals surface area contributed by atoms with Gasteiger partial charge in [0.15, 0.2) is 6.29 Å². The van der Waals surface area contributed by atoms with Crippen molar-refractivity contribution in [2.75, 3.05) is 13.2 Å². The third-order valence-corrected chi connectivity index (χ3v) is 3.47. The van der Waals surface area contributed by atoms with Crippen molar-refractivity contribution in [3.05, 3.63) is 40.6 Å². The summed E-state index contributed by atoms with van der Waals surface area (Å²) in [6.45, 7) is 2.28. The van der Waals surface area contributed by atoms with E-state index in [4.69, 9.17) is 9.47 Å². The Hall–Kier alpha value is -1.92. The SMILES string of the molecule is O=[N+]([O-])c1ccc2c(ccn2CCC2OCCCO2)c1. The van der Waals surface area contributed by atoms with E-state index in [1.54, 1.807) is 12.1 Å². The van der Waals surface area contributed by atoms with E-state index in [2.05, 4.69) is 4.57 Å². The van der Waals surface area contributed by atoms with Crippen LogP contribution in [0.25, 0.3) is 10.9 Å². The molecule has 0 saturated carbocycles. The molecule has 0 spiro atoms. The molecule has 0 N–H and O–H groups in total. The van der Waals surface area contributed by atoms with Gasteiger partial charge < -0.3 is 14.0 Å². The van der Waals surface area contributed by atoms with Crippen molar-refractivity contribution in [2.24, 2.45) is 0 Å². The lowest BCUT2D eigenvalue weighted by Crippen LogP contribution is -2.25. The van der Waals surface area contributed by atoms with Crippen LogP contribution in [0.5, 0.6) is 0 Å². The van der Waals surface area contributed by atoms with Gasteiger partial charge in [-0.05, 0) is 18.6 Å². The fourth-order valence-electron chi connectivity index (χ4n) is 2.44. The monoisotopic (exact) mass is 276 g/mol. The zero-order valence-electron chi connectivity index (χ0n) is 11.0. The van der Waals surface area contributed by atoms with Gasteiger partial charge >= 0.3 is 0 Å². The number of aromatic nitrogens is 1. The minimum atomic E-state index is -0.375. The Balaban J connectivity index is 1.73. The number of aryl methyl sites for hydroxylation is 1. The van der Waals surface area contributed by atoms with Gasteiger partial charge in [0.05, 0.1) is 18.1 Å². The van der Waals surface area contributed by atoms with E-state index in [-0.39, 0.29) is 16.9 Å². The van der Waals surface area contributed by atoms with Gasteiger partial charge in [-0.25, -0.2) is 0 Å². The summed E-state index contributed by atoms with van der Waals surface area (Å²) in [5, 5.41) is 11.6. The number of nitro groups is 1. The Kier molecular flexibility index (Phi) is 3.66. The summed E-state index contributed by atoms with van der Waals surface area (Å²) in [5.74, 6) is 0. The first-order chi connectivity index (χ1) is 9.74. The molecule has 0 bridgehead atoms. The van der Waals surface area contributed by atoms with Crippen LogP contribution in [0.1, 0.15) is 12.8 Å². The van der Waals surface area contributed by atoms with Gasteiger partial charge in [-0.2, -0.15) is 0 Å². The Morgan fingerprint density at radius 3 is 2.85 bits per heavy atom. The maximum atomic E-state index is 10.7. The summed E-state index contributed by atoms with van der Waals surface area (Å²) in [7, 11) is 0. The summed E-state index contributed by atoms with van der Waals surface area (Å²) in [4.78, 5) is 10.4. The molecule has 2 heterocycles. The molecule has 1 saturated heterocycles. The summed E-state index contributed by atoms with van der Waals surface area (Å²) in [6.07, 6.45) is 3.53. The molecule has 0 amide bonds. The van der Waals surface area contributed by atoms with Crippen LogP contribution in [0, 0.1) is 10.1 Å². The number of nitro benzene ring substituents is 1. The van der Waals surface area contributed by atoms with Gasteiger partial charge in [-0.1, -0.05) is 0 Å². The molecule has 1 fully saturated rings. The highest BCUT2D eigenvalue weighted by atomic mass is 16.7. The average molecular weight is 276 g/mol. The van der Waals surface area contributed by atoms with Crippen LogP contribution in [0.3, 0.4) is 0 Å². The highest BCUT2D eigenvalue weighted by Crippen LogP contribution is 2.22. The molecule has 0 aliphatic carbocycles. The highest BCUT2D eigenvalue weighted by molar-refractivity contribution is 5.82. The number of hydrogen-bond donors (Lipinski definition) is 0. The lowest BCUT2D eigenvalue weighted by Gasteiger charge is -2.23. The van der Waals surface area contributed by atoms with Crippen LogP contribution in [0.15, 0.2) is 30.5 Å². The molecular weight excluding hydrogens is 260 g/mol. The van der Waals surface area contributed by atoms with Crippen LogP contribution in [-0.2, 0) is 16.0 Å². The first-order valence-electron chi connectivity index (χ1n) is 6.70. The van der Waals surface area contributed by atoms with E-state index in [0.717, 1.165) is 43.5 Å². The lowest BCUT2D eigenvalue weighted by atomic mass is 10.2. The first-order valence-corrected chi connectivity index (χ1v) is 6.70. The van der Waals surface area contributed by atoms with E-state index in [9.17, 15) is 10.1 Å². The van der Waals surface area contributed by atoms with Crippen molar-refractivity contribution in [1.82, 2.24) is 4.57 Å². The minimum Gasteiger partial charge on any atom is -0.353 e. The third kappa shape index (κ3) is 2.66. The lowest BCUT2D eigenvalue weighted by molar-refractivity contribution is -0.384. The molecule has 6 heteroatoms. The van der Waals surface area contributed by atoms with Crippen molar-refractivity contribution < 1.29 is 14.4 Å². The summed E-state index contributed by atoms with van der Waals surface area (Å²) >= 11 is 0. The average Bonchev–Trinajstić information content (AvgIpc) is 2.88. The molecule has 0 atom stereocenters. The second kappa shape index (κ2) is 5.60. The molecule has 2 aromatic rings. The number of rotatable bonds is 4.